The van der Waals surface area contributed by atoms with Gasteiger partial charge in [-0.05, 0) is 31.5 Å². The maximum atomic E-state index is 12.6. The number of aromatic nitrogens is 1. The molecule has 1 heterocycles. The first kappa shape index (κ1) is 23.7. The molecule has 0 radical (unpaired) electrons. The first-order valence-electron chi connectivity index (χ1n) is 8.21. The number of aliphatic imine (C=N–C) groups is 1. The summed E-state index contributed by atoms with van der Waals surface area (Å²) in [5, 5.41) is 4.34. The Labute approximate surface area is 178 Å². The average molecular weight is 512 g/mol. The zero-order valence-corrected chi connectivity index (χ0v) is 18.9. The second-order valence-corrected chi connectivity index (χ2v) is 7.30. The maximum absolute atomic E-state index is 12.6. The first-order valence-corrected chi connectivity index (χ1v) is 9.03. The molecule has 0 aliphatic rings. The number of hydrogen-bond acceptors (Lipinski definition) is 3. The Morgan fingerprint density at radius 1 is 1.22 bits per heavy atom. The van der Waals surface area contributed by atoms with Gasteiger partial charge < -0.3 is 10.2 Å². The van der Waals surface area contributed by atoms with Crippen LogP contribution in [-0.4, -0.2) is 36.5 Å². The van der Waals surface area contributed by atoms with Crippen LogP contribution in [0.2, 0.25) is 0 Å². The van der Waals surface area contributed by atoms with Crippen LogP contribution in [0.15, 0.2) is 29.3 Å². The average Bonchev–Trinajstić information content (AvgIpc) is 2.88. The highest BCUT2D eigenvalue weighted by atomic mass is 127. The zero-order chi connectivity index (χ0) is 19.3. The molecule has 2 aromatic rings. The summed E-state index contributed by atoms with van der Waals surface area (Å²) in [7, 11) is 3.54. The molecular weight excluding hydrogens is 488 g/mol. The van der Waals surface area contributed by atoms with Gasteiger partial charge in [0.05, 0.1) is 16.3 Å². The van der Waals surface area contributed by atoms with Crippen LogP contribution in [0.4, 0.5) is 13.2 Å². The summed E-state index contributed by atoms with van der Waals surface area (Å²) in [6, 6.07) is 5.20. The highest BCUT2D eigenvalue weighted by Crippen LogP contribution is 2.29. The van der Waals surface area contributed by atoms with Gasteiger partial charge >= 0.3 is 6.18 Å². The molecule has 9 heteroatoms. The lowest BCUT2D eigenvalue weighted by molar-refractivity contribution is -0.137. The summed E-state index contributed by atoms with van der Waals surface area (Å²) in [4.78, 5) is 11.8. The second kappa shape index (κ2) is 10.3. The quantitative estimate of drug-likeness (QED) is 0.361. The maximum Gasteiger partial charge on any atom is 0.416 e. The van der Waals surface area contributed by atoms with Crippen molar-refractivity contribution in [2.45, 2.75) is 33.0 Å². The van der Waals surface area contributed by atoms with E-state index >= 15 is 0 Å². The molecule has 1 N–H and O–H groups in total. The van der Waals surface area contributed by atoms with E-state index in [1.807, 2.05) is 25.8 Å². The fourth-order valence-electron chi connectivity index (χ4n) is 2.63. The predicted molar refractivity (Wildman–Crippen MR) is 115 cm³/mol. The Morgan fingerprint density at radius 2 is 1.85 bits per heavy atom. The summed E-state index contributed by atoms with van der Waals surface area (Å²) in [5.74, 6) is 0.698. The lowest BCUT2D eigenvalue weighted by Crippen LogP contribution is -2.39. The van der Waals surface area contributed by atoms with Gasteiger partial charge in [-0.1, -0.05) is 12.1 Å². The number of rotatable bonds is 5. The van der Waals surface area contributed by atoms with Gasteiger partial charge in [0.2, 0.25) is 0 Å². The van der Waals surface area contributed by atoms with Crippen LogP contribution < -0.4 is 5.32 Å². The van der Waals surface area contributed by atoms with Crippen LogP contribution in [-0.2, 0) is 19.1 Å². The Morgan fingerprint density at radius 3 is 2.33 bits per heavy atom. The standard InChI is InChI=1S/C18H23F3N4S.HI/c1-12-16(26-13(2)24-12)9-10-23-17(22-3)25(4)11-14-5-7-15(8-6-14)18(19,20)21;/h5-8H,9-11H2,1-4H3,(H,22,23);1H. The minimum atomic E-state index is -4.31. The van der Waals surface area contributed by atoms with Gasteiger partial charge in [0.15, 0.2) is 5.96 Å². The predicted octanol–water partition coefficient (Wildman–Crippen LogP) is 4.65. The van der Waals surface area contributed by atoms with E-state index in [1.165, 1.54) is 17.0 Å². The normalized spacial score (nSPS) is 11.9. The molecule has 150 valence electrons. The third kappa shape index (κ3) is 6.95. The molecular formula is C18H24F3IN4S. The minimum absolute atomic E-state index is 0. The summed E-state index contributed by atoms with van der Waals surface area (Å²) in [6.45, 7) is 5.18. The molecule has 0 aliphatic heterocycles. The van der Waals surface area contributed by atoms with E-state index in [9.17, 15) is 13.2 Å². The van der Waals surface area contributed by atoms with Crippen LogP contribution in [0.3, 0.4) is 0 Å². The molecule has 0 fully saturated rings. The summed E-state index contributed by atoms with van der Waals surface area (Å²) < 4.78 is 37.9. The van der Waals surface area contributed by atoms with Gasteiger partial charge in [-0.2, -0.15) is 13.2 Å². The van der Waals surface area contributed by atoms with Crippen LogP contribution in [0.25, 0.3) is 0 Å². The number of nitrogens with one attached hydrogen (secondary N) is 1. The minimum Gasteiger partial charge on any atom is -0.356 e. The number of hydrogen-bond donors (Lipinski definition) is 1. The lowest BCUT2D eigenvalue weighted by Gasteiger charge is -2.22. The van der Waals surface area contributed by atoms with Crippen molar-refractivity contribution in [2.75, 3.05) is 20.6 Å². The highest BCUT2D eigenvalue weighted by Gasteiger charge is 2.29. The third-order valence-corrected chi connectivity index (χ3v) is 5.04. The lowest BCUT2D eigenvalue weighted by atomic mass is 10.1. The second-order valence-electron chi connectivity index (χ2n) is 6.02. The van der Waals surface area contributed by atoms with Gasteiger partial charge in [-0.15, -0.1) is 35.3 Å². The zero-order valence-electron chi connectivity index (χ0n) is 15.7. The Bertz CT molecular complexity index is 757. The summed E-state index contributed by atoms with van der Waals surface area (Å²) in [6.07, 6.45) is -3.46. The molecule has 4 nitrogen and oxygen atoms in total. The van der Waals surface area contributed by atoms with Gasteiger partial charge in [0.1, 0.15) is 0 Å². The van der Waals surface area contributed by atoms with Crippen molar-refractivity contribution in [2.24, 2.45) is 4.99 Å². The molecule has 0 bridgehead atoms. The molecule has 1 aromatic heterocycles. The smallest absolute Gasteiger partial charge is 0.356 e. The molecule has 2 rings (SSSR count). The fourth-order valence-corrected chi connectivity index (χ4v) is 3.56. The molecule has 0 aliphatic carbocycles. The SMILES string of the molecule is CN=C(NCCc1sc(C)nc1C)N(C)Cc1ccc(C(F)(F)F)cc1.I. The highest BCUT2D eigenvalue weighted by molar-refractivity contribution is 14.0. The van der Waals surface area contributed by atoms with E-state index in [1.54, 1.807) is 18.4 Å². The van der Waals surface area contributed by atoms with Crippen LogP contribution >= 0.6 is 35.3 Å². The van der Waals surface area contributed by atoms with Gasteiger partial charge in [-0.3, -0.25) is 4.99 Å². The number of nitrogens with zero attached hydrogens (tertiary/aromatic N) is 3. The number of alkyl halides is 3. The van der Waals surface area contributed by atoms with E-state index in [2.05, 4.69) is 15.3 Å². The van der Waals surface area contributed by atoms with Gasteiger partial charge in [-0.25, -0.2) is 4.98 Å². The number of halogens is 4. The summed E-state index contributed by atoms with van der Waals surface area (Å²) in [5.41, 5.74) is 1.21. The fraction of sp³-hybridized carbons (Fsp3) is 0.444. The Balaban J connectivity index is 0.00000364. The summed E-state index contributed by atoms with van der Waals surface area (Å²) >= 11 is 1.69. The number of aryl methyl sites for hydroxylation is 2. The van der Waals surface area contributed by atoms with Crippen molar-refractivity contribution < 1.29 is 13.2 Å². The van der Waals surface area contributed by atoms with Gasteiger partial charge in [0, 0.05) is 38.5 Å². The van der Waals surface area contributed by atoms with Crippen molar-refractivity contribution in [1.29, 1.82) is 0 Å². The number of guanidine groups is 1. The van der Waals surface area contributed by atoms with Crippen LogP contribution in [0.1, 0.15) is 26.7 Å². The van der Waals surface area contributed by atoms with E-state index < -0.39 is 11.7 Å². The van der Waals surface area contributed by atoms with Crippen molar-refractivity contribution >= 4 is 41.3 Å². The molecule has 27 heavy (non-hydrogen) atoms. The van der Waals surface area contributed by atoms with Gasteiger partial charge in [0.25, 0.3) is 0 Å². The molecule has 1 aromatic carbocycles. The third-order valence-electron chi connectivity index (χ3n) is 3.91. The number of thiazole rings is 1. The van der Waals surface area contributed by atoms with Crippen LogP contribution in [0, 0.1) is 13.8 Å². The Kier molecular flexibility index (Phi) is 9.00. The molecule has 0 unspecified atom stereocenters. The molecule has 0 saturated carbocycles. The van der Waals surface area contributed by atoms with Crippen LogP contribution in [0.5, 0.6) is 0 Å². The van der Waals surface area contributed by atoms with Crippen molar-refractivity contribution in [3.63, 3.8) is 0 Å². The molecule has 0 amide bonds. The molecule has 0 saturated heterocycles. The van der Waals surface area contributed by atoms with E-state index in [-0.39, 0.29) is 24.0 Å². The van der Waals surface area contributed by atoms with Crippen molar-refractivity contribution in [1.82, 2.24) is 15.2 Å². The topological polar surface area (TPSA) is 40.5 Å². The van der Waals surface area contributed by atoms with Crippen molar-refractivity contribution in [3.8, 4) is 0 Å². The van der Waals surface area contributed by atoms with Crippen molar-refractivity contribution in [3.05, 3.63) is 51.0 Å². The Hall–Kier alpha value is -1.36. The first-order chi connectivity index (χ1) is 12.2. The van der Waals surface area contributed by atoms with E-state index in [4.69, 9.17) is 0 Å². The molecule has 0 atom stereocenters. The van der Waals surface area contributed by atoms with E-state index in [0.717, 1.165) is 34.8 Å². The van der Waals surface area contributed by atoms with E-state index in [0.29, 0.717) is 19.0 Å². The number of benzene rings is 1. The molecule has 0 spiro atoms. The largest absolute Gasteiger partial charge is 0.416 e. The monoisotopic (exact) mass is 512 g/mol.